The molecule has 0 aliphatic heterocycles. The first kappa shape index (κ1) is 59.5. The lowest BCUT2D eigenvalue weighted by Gasteiger charge is -2.31. The number of carboxylic acid groups (broad SMARTS) is 1. The van der Waals surface area contributed by atoms with Gasteiger partial charge in [0.25, 0.3) is 0 Å². The lowest BCUT2D eigenvalue weighted by molar-refractivity contribution is -0.887. The third kappa shape index (κ3) is 43.5. The lowest BCUT2D eigenvalue weighted by Crippen LogP contribution is -2.50. The summed E-state index contributed by atoms with van der Waals surface area (Å²) in [5.74, 6) is -1.51. The van der Waals surface area contributed by atoms with Crippen LogP contribution in [0.4, 0.5) is 0 Å². The van der Waals surface area contributed by atoms with Crippen molar-refractivity contribution in [1.29, 1.82) is 0 Å². The summed E-state index contributed by atoms with van der Waals surface area (Å²) >= 11 is 0. The first-order valence-corrected chi connectivity index (χ1v) is 25.1. The van der Waals surface area contributed by atoms with Gasteiger partial charge in [-0.15, -0.1) is 0 Å². The molecule has 2 unspecified atom stereocenters. The Hall–Kier alpha value is -3.49. The number of allylic oxidation sites excluding steroid dienone is 14. The Bertz CT molecular complexity index is 1300. The zero-order chi connectivity index (χ0) is 46.3. The molecule has 0 aromatic heterocycles. The van der Waals surface area contributed by atoms with E-state index in [0.29, 0.717) is 19.3 Å². The van der Waals surface area contributed by atoms with Gasteiger partial charge in [-0.2, -0.15) is 0 Å². The molecule has 0 fully saturated rings. The highest BCUT2D eigenvalue weighted by atomic mass is 16.6. The largest absolute Gasteiger partial charge is 0.477 e. The van der Waals surface area contributed by atoms with E-state index in [1.807, 2.05) is 21.1 Å². The van der Waals surface area contributed by atoms with E-state index in [4.69, 9.17) is 14.2 Å². The summed E-state index contributed by atoms with van der Waals surface area (Å²) in [7, 11) is 5.52. The average molecular weight is 881 g/mol. The van der Waals surface area contributed by atoms with Gasteiger partial charge < -0.3 is 23.8 Å². The van der Waals surface area contributed by atoms with Crippen LogP contribution >= 0.6 is 0 Å². The number of hydrogen-bond donors (Lipinski definition) is 1. The molecule has 0 aliphatic carbocycles. The predicted octanol–water partition coefficient (Wildman–Crippen LogP) is 14.5. The van der Waals surface area contributed by atoms with Gasteiger partial charge >= 0.3 is 17.9 Å². The number of unbranched alkanes of at least 4 members (excludes halogenated alkanes) is 17. The van der Waals surface area contributed by atoms with Crippen LogP contribution in [0.1, 0.15) is 194 Å². The zero-order valence-corrected chi connectivity index (χ0v) is 41.0. The molecule has 2 atom stereocenters. The Labute approximate surface area is 386 Å². The van der Waals surface area contributed by atoms with Crippen LogP contribution in [0.15, 0.2) is 85.1 Å². The van der Waals surface area contributed by atoms with Crippen molar-refractivity contribution in [2.75, 3.05) is 41.0 Å². The van der Waals surface area contributed by atoms with E-state index in [0.717, 1.165) is 83.5 Å². The zero-order valence-electron chi connectivity index (χ0n) is 41.0. The molecule has 8 nitrogen and oxygen atoms in total. The number of aliphatic carboxylic acids is 1. The van der Waals surface area contributed by atoms with Crippen molar-refractivity contribution in [3.63, 3.8) is 0 Å². The van der Waals surface area contributed by atoms with E-state index in [9.17, 15) is 19.5 Å². The fourth-order valence-electron chi connectivity index (χ4n) is 6.93. The summed E-state index contributed by atoms with van der Waals surface area (Å²) in [4.78, 5) is 37.2. The SMILES string of the molecule is CC/C=C/C/C=C/C/C=C/C/C=C/C/C=C/CCCCCCC(=O)OCC(COCCC(C(=O)O)[N+](C)(C)C)OC(=O)CCCCCCCCCCCC/C=C/C=C/CCCCC. The fourth-order valence-corrected chi connectivity index (χ4v) is 6.93. The highest BCUT2D eigenvalue weighted by Gasteiger charge is 2.31. The van der Waals surface area contributed by atoms with E-state index in [1.54, 1.807) is 0 Å². The second kappa shape index (κ2) is 45.1. The number of esters is 2. The summed E-state index contributed by atoms with van der Waals surface area (Å²) in [6.07, 6.45) is 59.1. The quantitative estimate of drug-likeness (QED) is 0.0214. The molecule has 0 saturated heterocycles. The molecule has 0 bridgehead atoms. The number of nitrogens with zero attached hydrogens (tertiary/aromatic N) is 1. The number of likely N-dealkylation sites (N-methyl/N-ethyl adjacent to an activating group) is 1. The first-order valence-electron chi connectivity index (χ1n) is 25.1. The Kier molecular flexibility index (Phi) is 42.6. The van der Waals surface area contributed by atoms with Gasteiger partial charge in [0, 0.05) is 19.3 Å². The van der Waals surface area contributed by atoms with Crippen molar-refractivity contribution >= 4 is 17.9 Å². The molecule has 0 spiro atoms. The minimum Gasteiger partial charge on any atom is -0.477 e. The second-order valence-electron chi connectivity index (χ2n) is 17.7. The maximum atomic E-state index is 12.8. The molecule has 0 rings (SSSR count). The number of ether oxygens (including phenoxy) is 3. The molecular formula is C55H94NO7+. The fraction of sp³-hybridized carbons (Fsp3) is 0.691. The Balaban J connectivity index is 4.33. The highest BCUT2D eigenvalue weighted by molar-refractivity contribution is 5.72. The standard InChI is InChI=1S/C55H93NO7/c1-6-8-10-12-14-16-18-20-22-24-26-28-29-31-33-35-37-39-41-43-45-53(57)62-50-51(49-61-48-47-52(55(59)60)56(3,4)5)63-54(58)46-44-42-40-38-36-34-32-30-27-25-23-21-19-17-15-13-11-9-7-2/h8,10,14-17,19-22,26,28,31,33,51-52H,6-7,9,11-13,18,23-25,27,29-30,32,34-50H2,1-5H3/p+1/b10-8+,16-14+,17-15+,21-19+,22-20+,28-26+,33-31+. The molecule has 1 N–H and O–H groups in total. The van der Waals surface area contributed by atoms with Crippen LogP contribution in [0.2, 0.25) is 0 Å². The normalized spacial score (nSPS) is 13.6. The third-order valence-electron chi connectivity index (χ3n) is 10.8. The topological polar surface area (TPSA) is 99.1 Å². The molecule has 0 saturated carbocycles. The molecular weight excluding hydrogens is 787 g/mol. The van der Waals surface area contributed by atoms with E-state index in [2.05, 4.69) is 98.9 Å². The van der Waals surface area contributed by atoms with Crippen LogP contribution < -0.4 is 0 Å². The highest BCUT2D eigenvalue weighted by Crippen LogP contribution is 2.14. The maximum Gasteiger partial charge on any atom is 0.362 e. The van der Waals surface area contributed by atoms with Crippen LogP contribution in [0.5, 0.6) is 0 Å². The molecule has 8 heteroatoms. The lowest BCUT2D eigenvalue weighted by atomic mass is 10.1. The van der Waals surface area contributed by atoms with Gasteiger partial charge in [0.15, 0.2) is 12.1 Å². The number of carbonyl (C=O) groups excluding carboxylic acids is 2. The third-order valence-corrected chi connectivity index (χ3v) is 10.8. The molecule has 360 valence electrons. The van der Waals surface area contributed by atoms with Crippen molar-refractivity contribution in [1.82, 2.24) is 0 Å². The van der Waals surface area contributed by atoms with Crippen LogP contribution in [-0.2, 0) is 28.6 Å². The van der Waals surface area contributed by atoms with E-state index >= 15 is 0 Å². The summed E-state index contributed by atoms with van der Waals surface area (Å²) in [6.45, 7) is 4.57. The first-order chi connectivity index (χ1) is 30.6. The number of rotatable bonds is 44. The van der Waals surface area contributed by atoms with Gasteiger partial charge in [0.1, 0.15) is 6.61 Å². The van der Waals surface area contributed by atoms with Crippen molar-refractivity contribution in [2.24, 2.45) is 0 Å². The van der Waals surface area contributed by atoms with Gasteiger partial charge in [-0.3, -0.25) is 9.59 Å². The van der Waals surface area contributed by atoms with E-state index in [1.165, 1.54) is 77.0 Å². The van der Waals surface area contributed by atoms with Crippen LogP contribution in [0.3, 0.4) is 0 Å². The smallest absolute Gasteiger partial charge is 0.362 e. The van der Waals surface area contributed by atoms with Gasteiger partial charge in [0.2, 0.25) is 0 Å². The van der Waals surface area contributed by atoms with Crippen LogP contribution in [0, 0.1) is 0 Å². The average Bonchev–Trinajstić information content (AvgIpc) is 3.24. The number of hydrogen-bond acceptors (Lipinski definition) is 6. The van der Waals surface area contributed by atoms with Gasteiger partial charge in [-0.25, -0.2) is 4.79 Å². The van der Waals surface area contributed by atoms with Gasteiger partial charge in [0.05, 0.1) is 34.4 Å². The minimum absolute atomic E-state index is 0.0472. The molecule has 0 radical (unpaired) electrons. The van der Waals surface area contributed by atoms with Crippen LogP contribution in [0.25, 0.3) is 0 Å². The van der Waals surface area contributed by atoms with E-state index in [-0.39, 0.29) is 36.2 Å². The summed E-state index contributed by atoms with van der Waals surface area (Å²) in [5, 5.41) is 9.65. The minimum atomic E-state index is -0.882. The number of carboxylic acids is 1. The summed E-state index contributed by atoms with van der Waals surface area (Å²) in [6, 6.07) is -0.624. The molecule has 0 aromatic rings. The monoisotopic (exact) mass is 881 g/mol. The Morgan fingerprint density at radius 1 is 0.508 bits per heavy atom. The second-order valence-corrected chi connectivity index (χ2v) is 17.7. The number of carbonyl (C=O) groups is 3. The van der Waals surface area contributed by atoms with E-state index < -0.39 is 18.1 Å². The Morgan fingerprint density at radius 3 is 1.41 bits per heavy atom. The molecule has 0 aliphatic rings. The molecule has 0 heterocycles. The molecule has 0 amide bonds. The summed E-state index contributed by atoms with van der Waals surface area (Å²) in [5.41, 5.74) is 0. The summed E-state index contributed by atoms with van der Waals surface area (Å²) < 4.78 is 17.3. The van der Waals surface area contributed by atoms with Crippen molar-refractivity contribution < 1.29 is 38.2 Å². The molecule has 63 heavy (non-hydrogen) atoms. The van der Waals surface area contributed by atoms with Crippen LogP contribution in [-0.4, -0.2) is 80.6 Å². The van der Waals surface area contributed by atoms with Crippen molar-refractivity contribution in [3.8, 4) is 0 Å². The molecule has 0 aromatic carbocycles. The predicted molar refractivity (Wildman–Crippen MR) is 266 cm³/mol. The number of quaternary nitrogens is 1. The van der Waals surface area contributed by atoms with Crippen molar-refractivity contribution in [3.05, 3.63) is 85.1 Å². The maximum absolute atomic E-state index is 12.8. The van der Waals surface area contributed by atoms with Gasteiger partial charge in [-0.05, 0) is 83.5 Å². The Morgan fingerprint density at radius 2 is 0.937 bits per heavy atom. The van der Waals surface area contributed by atoms with Gasteiger partial charge in [-0.1, -0.05) is 176 Å². The van der Waals surface area contributed by atoms with Crippen molar-refractivity contribution in [2.45, 2.75) is 206 Å².